The SMILES string of the molecule is Cn1cc(/C=C(\C#N)C(=O)Nc2ncn[nH]2)c2ccccc21. The second kappa shape index (κ2) is 5.54. The Bertz CT molecular complexity index is 898. The number of hydrogen-bond donors (Lipinski definition) is 2. The Hall–Kier alpha value is -3.40. The Morgan fingerprint density at radius 2 is 2.27 bits per heavy atom. The fraction of sp³-hybridized carbons (Fsp3) is 0.0667. The number of nitriles is 1. The molecule has 0 spiro atoms. The topological polar surface area (TPSA) is 99.4 Å². The molecule has 0 unspecified atom stereocenters. The summed E-state index contributed by atoms with van der Waals surface area (Å²) in [5.74, 6) is -0.337. The van der Waals surface area contributed by atoms with Crippen molar-refractivity contribution in [1.82, 2.24) is 19.7 Å². The third-order valence-corrected chi connectivity index (χ3v) is 3.24. The highest BCUT2D eigenvalue weighted by Crippen LogP contribution is 2.22. The Morgan fingerprint density at radius 3 is 3.00 bits per heavy atom. The fourth-order valence-electron chi connectivity index (χ4n) is 2.23. The average Bonchev–Trinajstić information content (AvgIpc) is 3.14. The molecule has 108 valence electrons. The van der Waals surface area contributed by atoms with Crippen LogP contribution in [0.4, 0.5) is 5.95 Å². The van der Waals surface area contributed by atoms with Gasteiger partial charge in [0.2, 0.25) is 5.95 Å². The van der Waals surface area contributed by atoms with Gasteiger partial charge in [0, 0.05) is 29.7 Å². The lowest BCUT2D eigenvalue weighted by Gasteiger charge is -1.99. The monoisotopic (exact) mass is 292 g/mol. The molecule has 0 fully saturated rings. The largest absolute Gasteiger partial charge is 0.350 e. The first kappa shape index (κ1) is 13.6. The molecule has 3 rings (SSSR count). The average molecular weight is 292 g/mol. The Balaban J connectivity index is 1.97. The molecule has 7 heteroatoms. The molecule has 7 nitrogen and oxygen atoms in total. The molecule has 2 N–H and O–H groups in total. The van der Waals surface area contributed by atoms with Crippen molar-refractivity contribution in [3.63, 3.8) is 0 Å². The highest BCUT2D eigenvalue weighted by atomic mass is 16.1. The van der Waals surface area contributed by atoms with Crippen LogP contribution in [0.1, 0.15) is 5.56 Å². The number of fused-ring (bicyclic) bond motifs is 1. The second-order valence-corrected chi connectivity index (χ2v) is 4.67. The first-order chi connectivity index (χ1) is 10.7. The number of H-pyrrole nitrogens is 1. The molecule has 0 saturated heterocycles. The summed E-state index contributed by atoms with van der Waals surface area (Å²) < 4.78 is 1.95. The van der Waals surface area contributed by atoms with Gasteiger partial charge in [0.15, 0.2) is 0 Å². The maximum atomic E-state index is 12.1. The van der Waals surface area contributed by atoms with Gasteiger partial charge in [0.1, 0.15) is 18.0 Å². The van der Waals surface area contributed by atoms with Gasteiger partial charge in [0.05, 0.1) is 0 Å². The van der Waals surface area contributed by atoms with Crippen molar-refractivity contribution in [3.8, 4) is 6.07 Å². The number of rotatable bonds is 3. The number of nitrogens with zero attached hydrogens (tertiary/aromatic N) is 4. The van der Waals surface area contributed by atoms with E-state index in [1.54, 1.807) is 6.08 Å². The molecule has 0 aliphatic carbocycles. The number of amides is 1. The number of para-hydroxylation sites is 1. The van der Waals surface area contributed by atoms with Crippen LogP contribution in [0.15, 0.2) is 42.4 Å². The maximum absolute atomic E-state index is 12.1. The number of nitrogens with one attached hydrogen (secondary N) is 2. The van der Waals surface area contributed by atoms with Crippen LogP contribution in [-0.4, -0.2) is 25.7 Å². The standard InChI is InChI=1S/C15H12N6O/c1-21-8-11(12-4-2-3-5-13(12)21)6-10(7-16)14(22)19-15-17-9-18-20-15/h2-6,8-9H,1H3,(H2,17,18,19,20,22)/b10-6+. The number of hydrogen-bond acceptors (Lipinski definition) is 4. The van der Waals surface area contributed by atoms with Crippen LogP contribution in [0.5, 0.6) is 0 Å². The minimum atomic E-state index is -0.535. The number of carbonyl (C=O) groups excluding carboxylic acids is 1. The molecule has 0 aliphatic rings. The van der Waals surface area contributed by atoms with Gasteiger partial charge in [-0.25, -0.2) is 5.10 Å². The smallest absolute Gasteiger partial charge is 0.268 e. The van der Waals surface area contributed by atoms with Crippen LogP contribution in [0.2, 0.25) is 0 Å². The molecule has 0 atom stereocenters. The van der Waals surface area contributed by atoms with Crippen LogP contribution in [0, 0.1) is 11.3 Å². The van der Waals surface area contributed by atoms with Crippen molar-refractivity contribution in [3.05, 3.63) is 47.9 Å². The van der Waals surface area contributed by atoms with Crippen molar-refractivity contribution in [2.45, 2.75) is 0 Å². The lowest BCUT2D eigenvalue weighted by molar-refractivity contribution is -0.112. The summed E-state index contributed by atoms with van der Waals surface area (Å²) in [6.07, 6.45) is 4.72. The summed E-state index contributed by atoms with van der Waals surface area (Å²) in [6, 6.07) is 9.70. The van der Waals surface area contributed by atoms with Gasteiger partial charge in [-0.1, -0.05) is 18.2 Å². The van der Waals surface area contributed by atoms with Gasteiger partial charge in [0.25, 0.3) is 5.91 Å². The molecule has 0 radical (unpaired) electrons. The summed E-state index contributed by atoms with van der Waals surface area (Å²) >= 11 is 0. The quantitative estimate of drug-likeness (QED) is 0.568. The van der Waals surface area contributed by atoms with Gasteiger partial charge in [-0.3, -0.25) is 10.1 Å². The summed E-state index contributed by atoms with van der Waals surface area (Å²) in [4.78, 5) is 15.9. The number of aryl methyl sites for hydroxylation is 1. The zero-order valence-corrected chi connectivity index (χ0v) is 11.7. The van der Waals surface area contributed by atoms with Crippen molar-refractivity contribution in [2.75, 3.05) is 5.32 Å². The molecule has 0 saturated carbocycles. The van der Waals surface area contributed by atoms with Crippen LogP contribution in [0.3, 0.4) is 0 Å². The van der Waals surface area contributed by atoms with Crippen molar-refractivity contribution < 1.29 is 4.79 Å². The van der Waals surface area contributed by atoms with Crippen LogP contribution >= 0.6 is 0 Å². The maximum Gasteiger partial charge on any atom is 0.268 e. The van der Waals surface area contributed by atoms with E-state index in [0.29, 0.717) is 0 Å². The van der Waals surface area contributed by atoms with Crippen LogP contribution in [0.25, 0.3) is 17.0 Å². The summed E-state index contributed by atoms with van der Waals surface area (Å²) in [5.41, 5.74) is 1.83. The Labute approximate surface area is 125 Å². The minimum absolute atomic E-state index is 0.00671. The molecule has 1 aromatic carbocycles. The number of anilines is 1. The fourth-order valence-corrected chi connectivity index (χ4v) is 2.23. The third kappa shape index (κ3) is 2.45. The van der Waals surface area contributed by atoms with Gasteiger partial charge >= 0.3 is 0 Å². The Morgan fingerprint density at radius 1 is 1.45 bits per heavy atom. The highest BCUT2D eigenvalue weighted by Gasteiger charge is 2.12. The van der Waals surface area contributed by atoms with E-state index < -0.39 is 5.91 Å². The molecule has 3 aromatic rings. The number of aromatic nitrogens is 4. The van der Waals surface area contributed by atoms with Crippen molar-refractivity contribution >= 4 is 28.8 Å². The minimum Gasteiger partial charge on any atom is -0.350 e. The van der Waals surface area contributed by atoms with Gasteiger partial charge in [-0.05, 0) is 12.1 Å². The normalized spacial score (nSPS) is 11.4. The molecular weight excluding hydrogens is 280 g/mol. The first-order valence-electron chi connectivity index (χ1n) is 6.51. The molecule has 0 bridgehead atoms. The van der Waals surface area contributed by atoms with Gasteiger partial charge in [-0.15, -0.1) is 0 Å². The molecule has 22 heavy (non-hydrogen) atoms. The van der Waals surface area contributed by atoms with E-state index in [-0.39, 0.29) is 11.5 Å². The van der Waals surface area contributed by atoms with E-state index in [1.165, 1.54) is 6.33 Å². The zero-order valence-electron chi connectivity index (χ0n) is 11.7. The summed E-state index contributed by atoms with van der Waals surface area (Å²) in [6.45, 7) is 0. The van der Waals surface area contributed by atoms with E-state index in [9.17, 15) is 10.1 Å². The molecule has 2 aromatic heterocycles. The number of carbonyl (C=O) groups is 1. The highest BCUT2D eigenvalue weighted by molar-refractivity contribution is 6.10. The van der Waals surface area contributed by atoms with E-state index in [4.69, 9.17) is 0 Å². The molecule has 0 aliphatic heterocycles. The summed E-state index contributed by atoms with van der Waals surface area (Å²) in [7, 11) is 1.92. The lowest BCUT2D eigenvalue weighted by atomic mass is 10.1. The van der Waals surface area contributed by atoms with E-state index in [0.717, 1.165) is 16.5 Å². The zero-order chi connectivity index (χ0) is 15.5. The Kier molecular flexibility index (Phi) is 3.42. The van der Waals surface area contributed by atoms with E-state index in [1.807, 2.05) is 48.1 Å². The van der Waals surface area contributed by atoms with Crippen molar-refractivity contribution in [2.24, 2.45) is 7.05 Å². The molecule has 1 amide bonds. The van der Waals surface area contributed by atoms with Crippen LogP contribution in [-0.2, 0) is 11.8 Å². The molecule has 2 heterocycles. The third-order valence-electron chi connectivity index (χ3n) is 3.24. The predicted molar refractivity (Wildman–Crippen MR) is 81.5 cm³/mol. The second-order valence-electron chi connectivity index (χ2n) is 4.67. The predicted octanol–water partition coefficient (Wildman–Crippen LogP) is 1.84. The van der Waals surface area contributed by atoms with E-state index in [2.05, 4.69) is 20.5 Å². The van der Waals surface area contributed by atoms with Gasteiger partial charge < -0.3 is 4.57 Å². The van der Waals surface area contributed by atoms with E-state index >= 15 is 0 Å². The lowest BCUT2D eigenvalue weighted by Crippen LogP contribution is -2.14. The van der Waals surface area contributed by atoms with Crippen LogP contribution < -0.4 is 5.32 Å². The molecular formula is C15H12N6O. The van der Waals surface area contributed by atoms with Crippen molar-refractivity contribution in [1.29, 1.82) is 5.26 Å². The number of benzene rings is 1. The first-order valence-corrected chi connectivity index (χ1v) is 6.51. The van der Waals surface area contributed by atoms with Gasteiger partial charge in [-0.2, -0.15) is 15.3 Å². The summed E-state index contributed by atoms with van der Waals surface area (Å²) in [5, 5.41) is 18.8. The number of aromatic amines is 1.